The Balaban J connectivity index is 1.57. The first-order valence-corrected chi connectivity index (χ1v) is 8.97. The first-order valence-electron chi connectivity index (χ1n) is 7.58. The van der Waals surface area contributed by atoms with E-state index in [1.807, 2.05) is 24.5 Å². The number of aromatic nitrogens is 2. The van der Waals surface area contributed by atoms with Crippen LogP contribution in [0.2, 0.25) is 0 Å². The Kier molecular flexibility index (Phi) is 5.24. The van der Waals surface area contributed by atoms with E-state index in [1.165, 1.54) is 0 Å². The van der Waals surface area contributed by atoms with E-state index in [-0.39, 0.29) is 18.4 Å². The molecule has 0 bridgehead atoms. The third-order valence-electron chi connectivity index (χ3n) is 3.74. The fourth-order valence-corrected chi connectivity index (χ4v) is 2.96. The molecule has 0 spiro atoms. The van der Waals surface area contributed by atoms with Gasteiger partial charge >= 0.3 is 0 Å². The molecule has 1 aliphatic heterocycles. The van der Waals surface area contributed by atoms with E-state index in [1.54, 1.807) is 18.9 Å². The lowest BCUT2D eigenvalue weighted by Gasteiger charge is -2.25. The molecule has 2 heterocycles. The van der Waals surface area contributed by atoms with Gasteiger partial charge in [0.1, 0.15) is 6.61 Å². The Bertz CT molecular complexity index is 719. The van der Waals surface area contributed by atoms with Crippen LogP contribution in [-0.2, 0) is 23.5 Å². The van der Waals surface area contributed by atoms with Gasteiger partial charge in [0.25, 0.3) is 0 Å². The summed E-state index contributed by atoms with van der Waals surface area (Å²) >= 11 is 1.61. The van der Waals surface area contributed by atoms with Crippen molar-refractivity contribution < 1.29 is 18.8 Å². The van der Waals surface area contributed by atoms with Crippen LogP contribution in [0.15, 0.2) is 22.7 Å². The quantitative estimate of drug-likeness (QED) is 0.851. The number of rotatable bonds is 6. The predicted octanol–water partition coefficient (Wildman–Crippen LogP) is 1.81. The van der Waals surface area contributed by atoms with E-state index in [4.69, 9.17) is 14.0 Å². The molecule has 0 radical (unpaired) electrons. The molecule has 7 nitrogen and oxygen atoms in total. The number of para-hydroxylation sites is 1. The maximum absolute atomic E-state index is 12.4. The maximum atomic E-state index is 12.4. The number of methoxy groups -OCH3 is 1. The number of amides is 1. The van der Waals surface area contributed by atoms with Gasteiger partial charge in [0.15, 0.2) is 17.3 Å². The summed E-state index contributed by atoms with van der Waals surface area (Å²) in [5.41, 5.74) is 0.973. The summed E-state index contributed by atoms with van der Waals surface area (Å²) in [6, 6.07) is 5.69. The molecule has 24 heavy (non-hydrogen) atoms. The molecular formula is C16H19N3O4S. The van der Waals surface area contributed by atoms with Crippen LogP contribution < -0.4 is 14.8 Å². The second kappa shape index (κ2) is 7.57. The van der Waals surface area contributed by atoms with Gasteiger partial charge in [-0.15, -0.1) is 0 Å². The van der Waals surface area contributed by atoms with Crippen molar-refractivity contribution in [3.8, 4) is 11.5 Å². The molecule has 2 aromatic rings. The minimum absolute atomic E-state index is 0.0897. The van der Waals surface area contributed by atoms with Gasteiger partial charge in [-0.05, 0) is 24.3 Å². The van der Waals surface area contributed by atoms with Crippen LogP contribution in [0.25, 0.3) is 0 Å². The molecule has 1 amide bonds. The number of carbonyl (C=O) groups is 1. The van der Waals surface area contributed by atoms with Gasteiger partial charge in [0, 0.05) is 0 Å². The smallest absolute Gasteiger partial charge is 0.246 e. The van der Waals surface area contributed by atoms with Crippen LogP contribution in [0, 0.1) is 5.92 Å². The molecule has 1 N–H and O–H groups in total. The number of nitrogens with zero attached hydrogens (tertiary/aromatic N) is 2. The van der Waals surface area contributed by atoms with Gasteiger partial charge in [0.05, 0.1) is 25.3 Å². The van der Waals surface area contributed by atoms with Crippen LogP contribution in [-0.4, -0.2) is 36.0 Å². The maximum Gasteiger partial charge on any atom is 0.246 e. The monoisotopic (exact) mass is 349 g/mol. The largest absolute Gasteiger partial charge is 0.493 e. The molecular weight excluding hydrogens is 330 g/mol. The predicted molar refractivity (Wildman–Crippen MR) is 89.0 cm³/mol. The second-order valence-corrected chi connectivity index (χ2v) is 6.28. The van der Waals surface area contributed by atoms with E-state index < -0.39 is 0 Å². The lowest BCUT2D eigenvalue weighted by atomic mass is 9.95. The first-order chi connectivity index (χ1) is 11.7. The molecule has 3 rings (SSSR count). The van der Waals surface area contributed by atoms with E-state index >= 15 is 0 Å². The summed E-state index contributed by atoms with van der Waals surface area (Å²) in [7, 11) is 1.60. The molecule has 0 aliphatic carbocycles. The van der Waals surface area contributed by atoms with Crippen LogP contribution in [0.5, 0.6) is 11.5 Å². The number of benzene rings is 1. The van der Waals surface area contributed by atoms with Crippen LogP contribution in [0.4, 0.5) is 0 Å². The lowest BCUT2D eigenvalue weighted by molar-refractivity contribution is -0.126. The molecule has 1 aliphatic rings. The van der Waals surface area contributed by atoms with E-state index in [2.05, 4.69) is 15.5 Å². The fourth-order valence-electron chi connectivity index (χ4n) is 2.58. The third kappa shape index (κ3) is 3.64. The minimum atomic E-state index is -0.252. The van der Waals surface area contributed by atoms with Gasteiger partial charge < -0.3 is 19.3 Å². The van der Waals surface area contributed by atoms with Crippen molar-refractivity contribution in [3.63, 3.8) is 0 Å². The molecule has 0 saturated carbocycles. The zero-order valence-corrected chi connectivity index (χ0v) is 14.4. The molecule has 0 unspecified atom stereocenters. The number of nitrogens with one attached hydrogen (secondary N) is 1. The zero-order valence-electron chi connectivity index (χ0n) is 13.6. The molecule has 0 fully saturated rings. The highest BCUT2D eigenvalue weighted by molar-refractivity contribution is 7.97. The standard InChI is InChI=1S/C16H19N3O4S/c1-21-12-5-3-4-10-6-11(8-22-15(10)12)16(20)17-7-14-18-13(9-24-2)19-23-14/h3-5,11H,6-9H2,1-2H3,(H,17,20)/t11-/m1/s1. The number of fused-ring (bicyclic) bond motifs is 1. The second-order valence-electron chi connectivity index (χ2n) is 5.42. The van der Waals surface area contributed by atoms with E-state index in [0.29, 0.717) is 36.2 Å². The third-order valence-corrected chi connectivity index (χ3v) is 4.29. The number of carbonyl (C=O) groups excluding carboxylic acids is 1. The minimum Gasteiger partial charge on any atom is -0.493 e. The highest BCUT2D eigenvalue weighted by Gasteiger charge is 2.28. The summed E-state index contributed by atoms with van der Waals surface area (Å²) in [5.74, 6) is 2.81. The fraction of sp³-hybridized carbons (Fsp3) is 0.438. The summed E-state index contributed by atoms with van der Waals surface area (Å²) in [6.45, 7) is 0.544. The van der Waals surface area contributed by atoms with Crippen molar-refractivity contribution in [2.75, 3.05) is 20.0 Å². The summed E-state index contributed by atoms with van der Waals surface area (Å²) < 4.78 is 16.1. The number of ether oxygens (including phenoxy) is 2. The van der Waals surface area contributed by atoms with Crippen molar-refractivity contribution in [1.82, 2.24) is 15.5 Å². The SMILES string of the molecule is COc1cccc2c1OC[C@H](C(=O)NCc1nc(CSC)no1)C2. The molecule has 1 aromatic heterocycles. The average molecular weight is 349 g/mol. The van der Waals surface area contributed by atoms with Gasteiger partial charge in [-0.2, -0.15) is 16.7 Å². The number of hydrogen-bond donors (Lipinski definition) is 1. The average Bonchev–Trinajstić information content (AvgIpc) is 3.06. The van der Waals surface area contributed by atoms with E-state index in [0.717, 1.165) is 11.3 Å². The van der Waals surface area contributed by atoms with Crippen molar-refractivity contribution in [2.45, 2.75) is 18.7 Å². The van der Waals surface area contributed by atoms with Crippen molar-refractivity contribution in [2.24, 2.45) is 5.92 Å². The van der Waals surface area contributed by atoms with Gasteiger partial charge in [-0.3, -0.25) is 4.79 Å². The normalized spacial score (nSPS) is 16.2. The van der Waals surface area contributed by atoms with Gasteiger partial charge in [0.2, 0.25) is 11.8 Å². The van der Waals surface area contributed by atoms with E-state index in [9.17, 15) is 4.79 Å². The Hall–Kier alpha value is -2.22. The molecule has 1 aromatic carbocycles. The molecule has 0 saturated heterocycles. The molecule has 8 heteroatoms. The Labute approximate surface area is 144 Å². The summed E-state index contributed by atoms with van der Waals surface area (Å²) in [6.07, 6.45) is 2.58. The summed E-state index contributed by atoms with van der Waals surface area (Å²) in [4.78, 5) is 16.6. The van der Waals surface area contributed by atoms with Gasteiger partial charge in [-0.1, -0.05) is 17.3 Å². The topological polar surface area (TPSA) is 86.5 Å². The Morgan fingerprint density at radius 1 is 1.50 bits per heavy atom. The van der Waals surface area contributed by atoms with Crippen molar-refractivity contribution >= 4 is 17.7 Å². The van der Waals surface area contributed by atoms with Crippen LogP contribution in [0.3, 0.4) is 0 Å². The van der Waals surface area contributed by atoms with Crippen molar-refractivity contribution in [1.29, 1.82) is 0 Å². The highest BCUT2D eigenvalue weighted by Crippen LogP contribution is 2.36. The molecule has 1 atom stereocenters. The lowest BCUT2D eigenvalue weighted by Crippen LogP contribution is -2.37. The van der Waals surface area contributed by atoms with Crippen LogP contribution in [0.1, 0.15) is 17.3 Å². The van der Waals surface area contributed by atoms with Crippen molar-refractivity contribution in [3.05, 3.63) is 35.5 Å². The number of thioether (sulfide) groups is 1. The molecule has 128 valence electrons. The van der Waals surface area contributed by atoms with Crippen LogP contribution >= 0.6 is 11.8 Å². The Morgan fingerprint density at radius 3 is 3.17 bits per heavy atom. The Morgan fingerprint density at radius 2 is 2.38 bits per heavy atom. The zero-order chi connectivity index (χ0) is 16.9. The van der Waals surface area contributed by atoms with Gasteiger partial charge in [-0.25, -0.2) is 0 Å². The highest BCUT2D eigenvalue weighted by atomic mass is 32.2. The first kappa shape index (κ1) is 16.6. The number of hydrogen-bond acceptors (Lipinski definition) is 7. The summed E-state index contributed by atoms with van der Waals surface area (Å²) in [5, 5.41) is 6.68.